The molecular weight excluding hydrogens is 372 g/mol. The van der Waals surface area contributed by atoms with Crippen LogP contribution >= 0.6 is 0 Å². The Kier molecular flexibility index (Phi) is 6.63. The number of aliphatic hydroxyl groups excluding tert-OH is 3. The number of aliphatic hydroxyl groups is 3. The van der Waals surface area contributed by atoms with E-state index in [1.165, 1.54) is 44.9 Å². The molecule has 0 radical (unpaired) electrons. The SMILES string of the molecule is C=C1/C(=C/C=C2\CCC[C@]3(C)[C@@H]([C@H](C)CC[C@H](O)C4CC4)CC[C@@H]23)C[C@@H](O)C[C@@H]1O. The molecule has 3 heteroatoms. The van der Waals surface area contributed by atoms with Crippen LogP contribution < -0.4 is 0 Å². The topological polar surface area (TPSA) is 60.7 Å². The van der Waals surface area contributed by atoms with Gasteiger partial charge in [-0.05, 0) is 104 Å². The zero-order chi connectivity index (χ0) is 21.5. The molecule has 7 atom stereocenters. The zero-order valence-electron chi connectivity index (χ0n) is 19.0. The first-order valence-corrected chi connectivity index (χ1v) is 12.4. The molecule has 30 heavy (non-hydrogen) atoms. The quantitative estimate of drug-likeness (QED) is 0.552. The smallest absolute Gasteiger partial charge is 0.0811 e. The van der Waals surface area contributed by atoms with E-state index < -0.39 is 12.2 Å². The molecule has 4 aliphatic carbocycles. The van der Waals surface area contributed by atoms with Crippen LogP contribution in [0, 0.1) is 29.1 Å². The van der Waals surface area contributed by atoms with E-state index >= 15 is 0 Å². The molecule has 0 heterocycles. The fourth-order valence-electron chi connectivity index (χ4n) is 7.03. The third-order valence-corrected chi connectivity index (χ3v) is 9.07. The van der Waals surface area contributed by atoms with Crippen molar-refractivity contribution in [3.8, 4) is 0 Å². The van der Waals surface area contributed by atoms with Gasteiger partial charge < -0.3 is 15.3 Å². The van der Waals surface area contributed by atoms with Gasteiger partial charge in [-0.15, -0.1) is 0 Å². The molecule has 0 bridgehead atoms. The minimum Gasteiger partial charge on any atom is -0.393 e. The van der Waals surface area contributed by atoms with Crippen molar-refractivity contribution < 1.29 is 15.3 Å². The minimum absolute atomic E-state index is 0.0693. The second kappa shape index (κ2) is 8.92. The van der Waals surface area contributed by atoms with Crippen LogP contribution in [0.5, 0.6) is 0 Å². The minimum atomic E-state index is -0.613. The lowest BCUT2D eigenvalue weighted by Crippen LogP contribution is -2.36. The van der Waals surface area contributed by atoms with Crippen LogP contribution in [-0.4, -0.2) is 33.6 Å². The fraction of sp³-hybridized carbons (Fsp3) is 0.778. The second-order valence-corrected chi connectivity index (χ2v) is 11.1. The first-order chi connectivity index (χ1) is 14.3. The van der Waals surface area contributed by atoms with Crippen LogP contribution in [0.1, 0.15) is 84.5 Å². The third kappa shape index (κ3) is 4.49. The molecule has 0 spiro atoms. The summed E-state index contributed by atoms with van der Waals surface area (Å²) in [5.74, 6) is 2.66. The number of hydrogen-bond acceptors (Lipinski definition) is 3. The molecule has 0 saturated heterocycles. The molecular formula is C27H42O3. The molecule has 168 valence electrons. The Morgan fingerprint density at radius 3 is 2.63 bits per heavy atom. The van der Waals surface area contributed by atoms with Gasteiger partial charge in [-0.3, -0.25) is 0 Å². The third-order valence-electron chi connectivity index (χ3n) is 9.07. The Labute approximate surface area is 183 Å². The van der Waals surface area contributed by atoms with Gasteiger partial charge in [-0.1, -0.05) is 38.2 Å². The molecule has 0 aromatic rings. The summed E-state index contributed by atoms with van der Waals surface area (Å²) in [6.07, 6.45) is 15.2. The van der Waals surface area contributed by atoms with E-state index in [1.807, 2.05) is 0 Å². The Morgan fingerprint density at radius 1 is 1.13 bits per heavy atom. The summed E-state index contributed by atoms with van der Waals surface area (Å²) in [5.41, 5.74) is 3.72. The largest absolute Gasteiger partial charge is 0.393 e. The molecule has 0 aliphatic heterocycles. The predicted octanol–water partition coefficient (Wildman–Crippen LogP) is 5.31. The number of hydrogen-bond donors (Lipinski definition) is 3. The van der Waals surface area contributed by atoms with Gasteiger partial charge in [-0.2, -0.15) is 0 Å². The lowest BCUT2D eigenvalue weighted by Gasteiger charge is -2.44. The van der Waals surface area contributed by atoms with Crippen LogP contribution in [0.15, 0.2) is 35.5 Å². The maximum atomic E-state index is 10.3. The van der Waals surface area contributed by atoms with Crippen LogP contribution in [0.25, 0.3) is 0 Å². The van der Waals surface area contributed by atoms with E-state index in [-0.39, 0.29) is 6.10 Å². The summed E-state index contributed by atoms with van der Waals surface area (Å²) in [7, 11) is 0. The summed E-state index contributed by atoms with van der Waals surface area (Å²) in [6, 6.07) is 0. The van der Waals surface area contributed by atoms with E-state index in [4.69, 9.17) is 0 Å². The maximum absolute atomic E-state index is 10.3. The van der Waals surface area contributed by atoms with Crippen LogP contribution in [0.3, 0.4) is 0 Å². The van der Waals surface area contributed by atoms with E-state index in [9.17, 15) is 15.3 Å². The number of rotatable bonds is 6. The van der Waals surface area contributed by atoms with Gasteiger partial charge in [0.05, 0.1) is 18.3 Å². The summed E-state index contributed by atoms with van der Waals surface area (Å²) >= 11 is 0. The standard InChI is InChI=1S/C27H42O3/c1-17(6-13-25(29)20-8-9-20)23-11-12-24-19(5-4-14-27(23,24)3)7-10-21-15-22(28)16-26(30)18(21)2/h7,10,17,20,22-26,28-30H,2,4-6,8-9,11-16H2,1,3H3/b19-7+,21-10+/t17-,22-,23-,24+,25+,26+,27-/m1/s1. The maximum Gasteiger partial charge on any atom is 0.0811 e. The molecule has 4 aliphatic rings. The molecule has 0 aromatic heterocycles. The van der Waals surface area contributed by atoms with E-state index in [0.717, 1.165) is 29.9 Å². The molecule has 3 N–H and O–H groups in total. The number of fused-ring (bicyclic) bond motifs is 1. The summed E-state index contributed by atoms with van der Waals surface area (Å²) in [6.45, 7) is 9.01. The molecule has 0 amide bonds. The van der Waals surface area contributed by atoms with Gasteiger partial charge in [0.2, 0.25) is 0 Å². The first kappa shape index (κ1) is 22.3. The van der Waals surface area contributed by atoms with Crippen molar-refractivity contribution in [1.29, 1.82) is 0 Å². The van der Waals surface area contributed by atoms with Crippen molar-refractivity contribution in [2.45, 2.75) is 103 Å². The highest BCUT2D eigenvalue weighted by Crippen LogP contribution is 2.60. The lowest BCUT2D eigenvalue weighted by atomic mass is 9.60. The normalized spacial score (nSPS) is 41.8. The Bertz CT molecular complexity index is 703. The van der Waals surface area contributed by atoms with Gasteiger partial charge in [0.15, 0.2) is 0 Å². The highest BCUT2D eigenvalue weighted by molar-refractivity contribution is 5.38. The lowest BCUT2D eigenvalue weighted by molar-refractivity contribution is 0.0784. The van der Waals surface area contributed by atoms with Gasteiger partial charge in [-0.25, -0.2) is 0 Å². The first-order valence-electron chi connectivity index (χ1n) is 12.4. The van der Waals surface area contributed by atoms with Gasteiger partial charge in [0, 0.05) is 6.42 Å². The van der Waals surface area contributed by atoms with E-state index in [0.29, 0.717) is 36.0 Å². The fourth-order valence-corrected chi connectivity index (χ4v) is 7.03. The Balaban J connectivity index is 1.44. The molecule has 0 unspecified atom stereocenters. The van der Waals surface area contributed by atoms with Crippen LogP contribution in [-0.2, 0) is 0 Å². The molecule has 3 nitrogen and oxygen atoms in total. The highest BCUT2D eigenvalue weighted by Gasteiger charge is 2.50. The summed E-state index contributed by atoms with van der Waals surface area (Å²) in [5, 5.41) is 30.5. The number of allylic oxidation sites excluding steroid dienone is 3. The highest BCUT2D eigenvalue weighted by atomic mass is 16.3. The van der Waals surface area contributed by atoms with Crippen molar-refractivity contribution >= 4 is 0 Å². The van der Waals surface area contributed by atoms with Crippen molar-refractivity contribution in [1.82, 2.24) is 0 Å². The predicted molar refractivity (Wildman–Crippen MR) is 122 cm³/mol. The van der Waals surface area contributed by atoms with Crippen LogP contribution in [0.2, 0.25) is 0 Å². The zero-order valence-corrected chi connectivity index (χ0v) is 19.0. The van der Waals surface area contributed by atoms with Crippen LogP contribution in [0.4, 0.5) is 0 Å². The average Bonchev–Trinajstić information content (AvgIpc) is 3.49. The summed E-state index contributed by atoms with van der Waals surface area (Å²) < 4.78 is 0. The monoisotopic (exact) mass is 414 g/mol. The second-order valence-electron chi connectivity index (χ2n) is 11.1. The van der Waals surface area contributed by atoms with Gasteiger partial charge >= 0.3 is 0 Å². The van der Waals surface area contributed by atoms with E-state index in [2.05, 4.69) is 32.6 Å². The molecule has 4 rings (SSSR count). The molecule has 4 saturated carbocycles. The van der Waals surface area contributed by atoms with Gasteiger partial charge in [0.25, 0.3) is 0 Å². The van der Waals surface area contributed by atoms with Gasteiger partial charge in [0.1, 0.15) is 0 Å². The summed E-state index contributed by atoms with van der Waals surface area (Å²) in [4.78, 5) is 0. The average molecular weight is 415 g/mol. The van der Waals surface area contributed by atoms with Crippen molar-refractivity contribution in [2.24, 2.45) is 29.1 Å². The molecule has 0 aromatic carbocycles. The van der Waals surface area contributed by atoms with Crippen molar-refractivity contribution in [2.75, 3.05) is 0 Å². The Morgan fingerprint density at radius 2 is 1.90 bits per heavy atom. The van der Waals surface area contributed by atoms with Crippen molar-refractivity contribution in [3.05, 3.63) is 35.5 Å². The molecule has 4 fully saturated rings. The van der Waals surface area contributed by atoms with Crippen molar-refractivity contribution in [3.63, 3.8) is 0 Å². The van der Waals surface area contributed by atoms with E-state index in [1.54, 1.807) is 5.57 Å². The Hall–Kier alpha value is -0.900.